The Morgan fingerprint density at radius 1 is 1.39 bits per heavy atom. The molecule has 18 heavy (non-hydrogen) atoms. The van der Waals surface area contributed by atoms with Gasteiger partial charge in [0.1, 0.15) is 12.2 Å². The highest BCUT2D eigenvalue weighted by Crippen LogP contribution is 2.50. The van der Waals surface area contributed by atoms with E-state index in [1.165, 1.54) is 0 Å². The number of carbonyl (C=O) groups excluding carboxylic acids is 2. The summed E-state index contributed by atoms with van der Waals surface area (Å²) in [4.78, 5) is 23.5. The largest absolute Gasteiger partial charge is 0.455 e. The number of fused-ring (bicyclic) bond motifs is 1. The standard InChI is InChI=1S/C13H18O5/c1-4-5(2)12(14)17-10-8-6(3)7-9(16-8)11(10)18-13(7)15/h5-11H,4H2,1-3H3. The minimum absolute atomic E-state index is 0.0657. The molecule has 100 valence electrons. The summed E-state index contributed by atoms with van der Waals surface area (Å²) in [5, 5.41) is 0. The van der Waals surface area contributed by atoms with Crippen LogP contribution in [-0.2, 0) is 23.8 Å². The van der Waals surface area contributed by atoms with Gasteiger partial charge in [0.25, 0.3) is 0 Å². The van der Waals surface area contributed by atoms with Crippen LogP contribution in [0.4, 0.5) is 0 Å². The molecule has 3 aliphatic rings. The van der Waals surface area contributed by atoms with Crippen LogP contribution in [0.1, 0.15) is 27.2 Å². The molecule has 0 spiro atoms. The third-order valence-corrected chi connectivity index (χ3v) is 4.52. The summed E-state index contributed by atoms with van der Waals surface area (Å²) in [6, 6.07) is 0. The first-order chi connectivity index (χ1) is 8.54. The van der Waals surface area contributed by atoms with Gasteiger partial charge >= 0.3 is 11.9 Å². The highest BCUT2D eigenvalue weighted by molar-refractivity contribution is 5.78. The fourth-order valence-electron chi connectivity index (χ4n) is 3.17. The SMILES string of the molecule is CCC(C)C(=O)OC1C2OC3C1OC(=O)C3C2C. The normalized spacial score (nSPS) is 46.1. The fraction of sp³-hybridized carbons (Fsp3) is 0.846. The van der Waals surface area contributed by atoms with E-state index >= 15 is 0 Å². The average Bonchev–Trinajstić information content (AvgIpc) is 2.92. The van der Waals surface area contributed by atoms with Gasteiger partial charge in [0.05, 0.1) is 11.8 Å². The summed E-state index contributed by atoms with van der Waals surface area (Å²) in [7, 11) is 0. The lowest BCUT2D eigenvalue weighted by Gasteiger charge is -2.27. The second-order valence-corrected chi connectivity index (χ2v) is 5.56. The van der Waals surface area contributed by atoms with Gasteiger partial charge in [-0.25, -0.2) is 0 Å². The van der Waals surface area contributed by atoms with Crippen molar-refractivity contribution in [1.82, 2.24) is 0 Å². The van der Waals surface area contributed by atoms with Crippen LogP contribution in [0.15, 0.2) is 0 Å². The zero-order valence-electron chi connectivity index (χ0n) is 10.8. The first kappa shape index (κ1) is 12.0. The third kappa shape index (κ3) is 1.43. The van der Waals surface area contributed by atoms with Gasteiger partial charge in [-0.1, -0.05) is 20.8 Å². The average molecular weight is 254 g/mol. The molecular formula is C13H18O5. The predicted octanol–water partition coefficient (Wildman–Crippen LogP) is 0.903. The summed E-state index contributed by atoms with van der Waals surface area (Å²) in [5.41, 5.74) is 0. The molecule has 3 rings (SSSR count). The number of hydrogen-bond acceptors (Lipinski definition) is 5. The highest BCUT2D eigenvalue weighted by atomic mass is 16.7. The van der Waals surface area contributed by atoms with E-state index < -0.39 is 12.2 Å². The van der Waals surface area contributed by atoms with Crippen molar-refractivity contribution in [1.29, 1.82) is 0 Å². The molecule has 3 saturated heterocycles. The first-order valence-electron chi connectivity index (χ1n) is 6.61. The van der Waals surface area contributed by atoms with Crippen molar-refractivity contribution in [3.63, 3.8) is 0 Å². The molecule has 3 heterocycles. The van der Waals surface area contributed by atoms with Crippen molar-refractivity contribution in [3.8, 4) is 0 Å². The Balaban J connectivity index is 1.76. The van der Waals surface area contributed by atoms with Crippen LogP contribution in [-0.4, -0.2) is 36.4 Å². The van der Waals surface area contributed by atoms with Gasteiger partial charge in [-0.3, -0.25) is 9.59 Å². The molecule has 0 aromatic heterocycles. The van der Waals surface area contributed by atoms with Crippen molar-refractivity contribution in [3.05, 3.63) is 0 Å². The van der Waals surface area contributed by atoms with Gasteiger partial charge in [-0.05, 0) is 6.42 Å². The lowest BCUT2D eigenvalue weighted by Crippen LogP contribution is -2.44. The summed E-state index contributed by atoms with van der Waals surface area (Å²) in [5.74, 6) is -0.672. The van der Waals surface area contributed by atoms with Gasteiger partial charge in [-0.15, -0.1) is 0 Å². The second kappa shape index (κ2) is 3.95. The maximum Gasteiger partial charge on any atom is 0.312 e. The van der Waals surface area contributed by atoms with Crippen LogP contribution >= 0.6 is 0 Å². The van der Waals surface area contributed by atoms with Gasteiger partial charge < -0.3 is 14.2 Å². The molecular weight excluding hydrogens is 236 g/mol. The quantitative estimate of drug-likeness (QED) is 0.700. The summed E-state index contributed by atoms with van der Waals surface area (Å²) in [6.07, 6.45) is -0.481. The van der Waals surface area contributed by atoms with Crippen molar-refractivity contribution < 1.29 is 23.8 Å². The number of hydrogen-bond donors (Lipinski definition) is 0. The van der Waals surface area contributed by atoms with Crippen molar-refractivity contribution in [2.24, 2.45) is 17.8 Å². The molecule has 0 aromatic carbocycles. The number of rotatable bonds is 3. The van der Waals surface area contributed by atoms with E-state index in [4.69, 9.17) is 14.2 Å². The molecule has 2 bridgehead atoms. The van der Waals surface area contributed by atoms with Crippen molar-refractivity contribution in [2.75, 3.05) is 0 Å². The lowest BCUT2D eigenvalue weighted by molar-refractivity contribution is -0.164. The topological polar surface area (TPSA) is 61.8 Å². The monoisotopic (exact) mass is 254 g/mol. The fourth-order valence-corrected chi connectivity index (χ4v) is 3.17. The lowest BCUT2D eigenvalue weighted by atomic mass is 9.80. The highest BCUT2D eigenvalue weighted by Gasteiger charge is 2.68. The molecule has 0 N–H and O–H groups in total. The Labute approximate surface area is 106 Å². The summed E-state index contributed by atoms with van der Waals surface area (Å²) in [6.45, 7) is 5.74. The Kier molecular flexibility index (Phi) is 2.62. The second-order valence-electron chi connectivity index (χ2n) is 5.56. The van der Waals surface area contributed by atoms with Crippen LogP contribution in [0.2, 0.25) is 0 Å². The molecule has 0 aliphatic carbocycles. The van der Waals surface area contributed by atoms with E-state index in [0.29, 0.717) is 0 Å². The van der Waals surface area contributed by atoms with E-state index in [-0.39, 0.29) is 41.9 Å². The minimum Gasteiger partial charge on any atom is -0.455 e. The van der Waals surface area contributed by atoms with E-state index in [1.54, 1.807) is 0 Å². The summed E-state index contributed by atoms with van der Waals surface area (Å²) < 4.78 is 16.5. The molecule has 5 nitrogen and oxygen atoms in total. The van der Waals surface area contributed by atoms with E-state index in [1.807, 2.05) is 20.8 Å². The van der Waals surface area contributed by atoms with Crippen LogP contribution in [0.3, 0.4) is 0 Å². The molecule has 5 heteroatoms. The predicted molar refractivity (Wildman–Crippen MR) is 60.5 cm³/mol. The van der Waals surface area contributed by atoms with E-state index in [2.05, 4.69) is 0 Å². The molecule has 3 fully saturated rings. The van der Waals surface area contributed by atoms with Gasteiger partial charge in [0.2, 0.25) is 0 Å². The van der Waals surface area contributed by atoms with E-state index in [0.717, 1.165) is 6.42 Å². The third-order valence-electron chi connectivity index (χ3n) is 4.52. The van der Waals surface area contributed by atoms with Gasteiger partial charge in [-0.2, -0.15) is 0 Å². The van der Waals surface area contributed by atoms with Crippen LogP contribution < -0.4 is 0 Å². The maximum atomic E-state index is 11.9. The number of carbonyl (C=O) groups is 2. The van der Waals surface area contributed by atoms with E-state index in [9.17, 15) is 9.59 Å². The van der Waals surface area contributed by atoms with Crippen LogP contribution in [0, 0.1) is 17.8 Å². The zero-order chi connectivity index (χ0) is 13.0. The minimum atomic E-state index is -0.422. The number of esters is 2. The Morgan fingerprint density at radius 3 is 2.78 bits per heavy atom. The Hall–Kier alpha value is -1.10. The molecule has 0 amide bonds. The molecule has 7 unspecified atom stereocenters. The van der Waals surface area contributed by atoms with Crippen LogP contribution in [0.5, 0.6) is 0 Å². The molecule has 7 atom stereocenters. The molecule has 0 saturated carbocycles. The van der Waals surface area contributed by atoms with Crippen molar-refractivity contribution >= 4 is 11.9 Å². The first-order valence-corrected chi connectivity index (χ1v) is 6.61. The molecule has 0 aromatic rings. The maximum absolute atomic E-state index is 11.9. The smallest absolute Gasteiger partial charge is 0.312 e. The zero-order valence-corrected chi connectivity index (χ0v) is 10.8. The Bertz CT molecular complexity index is 393. The molecule has 0 radical (unpaired) electrons. The van der Waals surface area contributed by atoms with Crippen LogP contribution in [0.25, 0.3) is 0 Å². The number of ether oxygens (including phenoxy) is 3. The Morgan fingerprint density at radius 2 is 2.11 bits per heavy atom. The molecule has 3 aliphatic heterocycles. The van der Waals surface area contributed by atoms with Crippen molar-refractivity contribution in [2.45, 2.75) is 51.6 Å². The summed E-state index contributed by atoms with van der Waals surface area (Å²) >= 11 is 0. The van der Waals surface area contributed by atoms with Gasteiger partial charge in [0, 0.05) is 5.92 Å². The van der Waals surface area contributed by atoms with Gasteiger partial charge in [0.15, 0.2) is 12.2 Å².